The zero-order valence-corrected chi connectivity index (χ0v) is 9.82. The fraction of sp³-hybridized carbons (Fsp3) is 0.400. The Bertz CT molecular complexity index is 263. The number of benzene rings is 1. The highest BCUT2D eigenvalue weighted by Gasteiger charge is 2.01. The predicted molar refractivity (Wildman–Crippen MR) is 56.9 cm³/mol. The Balaban J connectivity index is 2.50. The Hall–Kier alpha value is -0.643. The van der Waals surface area contributed by atoms with Crippen LogP contribution >= 0.6 is 0 Å². The van der Waals surface area contributed by atoms with Gasteiger partial charge >= 0.3 is 0 Å². The van der Waals surface area contributed by atoms with Crippen LogP contribution in [-0.2, 0) is 9.16 Å². The zero-order chi connectivity index (χ0) is 9.68. The summed E-state index contributed by atoms with van der Waals surface area (Å²) in [5, 5.41) is 1.35. The average molecular weight is 196 g/mol. The molecule has 3 heteroatoms. The van der Waals surface area contributed by atoms with E-state index < -0.39 is 9.76 Å². The van der Waals surface area contributed by atoms with Crippen molar-refractivity contribution in [3.63, 3.8) is 0 Å². The Labute approximate surface area is 81.8 Å². The lowest BCUT2D eigenvalue weighted by atomic mass is 10.2. The summed E-state index contributed by atoms with van der Waals surface area (Å²) in [5.74, 6) is 0. The van der Waals surface area contributed by atoms with Crippen LogP contribution in [0.5, 0.6) is 0 Å². The molecule has 0 heterocycles. The van der Waals surface area contributed by atoms with Gasteiger partial charge in [-0.05, 0) is 19.0 Å². The van der Waals surface area contributed by atoms with Gasteiger partial charge < -0.3 is 9.16 Å². The lowest BCUT2D eigenvalue weighted by Crippen LogP contribution is -2.25. The first-order valence-corrected chi connectivity index (χ1v) is 5.71. The van der Waals surface area contributed by atoms with Crippen molar-refractivity contribution in [3.8, 4) is 0 Å². The van der Waals surface area contributed by atoms with Gasteiger partial charge in [0, 0.05) is 7.11 Å². The van der Waals surface area contributed by atoms with E-state index in [0.29, 0.717) is 0 Å². The van der Waals surface area contributed by atoms with Crippen LogP contribution in [0.2, 0.25) is 0 Å². The average Bonchev–Trinajstić information content (AvgIpc) is 2.16. The van der Waals surface area contributed by atoms with Crippen molar-refractivity contribution in [2.75, 3.05) is 7.11 Å². The van der Waals surface area contributed by atoms with Crippen molar-refractivity contribution < 1.29 is 9.16 Å². The standard InChI is InChI=1S/C10H16O2Si/c1-8-6-4-5-7-10(8)13-12-9(2)11-3/h4-7,9H,13H2,1-3H3. The molecule has 1 unspecified atom stereocenters. The molecule has 0 spiro atoms. The molecule has 0 aliphatic rings. The quantitative estimate of drug-likeness (QED) is 0.522. The Morgan fingerprint density at radius 3 is 2.62 bits per heavy atom. The molecule has 0 radical (unpaired) electrons. The number of methoxy groups -OCH3 is 1. The van der Waals surface area contributed by atoms with Crippen molar-refractivity contribution >= 4 is 14.9 Å². The van der Waals surface area contributed by atoms with Gasteiger partial charge in [-0.3, -0.25) is 0 Å². The molecular weight excluding hydrogens is 180 g/mol. The normalized spacial score (nSPS) is 13.8. The molecule has 13 heavy (non-hydrogen) atoms. The van der Waals surface area contributed by atoms with Gasteiger partial charge in [0.1, 0.15) is 6.29 Å². The molecule has 0 aliphatic heterocycles. The van der Waals surface area contributed by atoms with E-state index in [-0.39, 0.29) is 6.29 Å². The van der Waals surface area contributed by atoms with Gasteiger partial charge in [-0.1, -0.05) is 29.8 Å². The maximum Gasteiger partial charge on any atom is 0.195 e. The molecule has 0 N–H and O–H groups in total. The minimum atomic E-state index is -0.624. The Kier molecular flexibility index (Phi) is 4.15. The molecule has 1 aromatic rings. The molecule has 0 aromatic heterocycles. The molecule has 0 saturated carbocycles. The molecule has 1 rings (SSSR count). The first kappa shape index (κ1) is 10.4. The third kappa shape index (κ3) is 3.30. The first-order chi connectivity index (χ1) is 6.24. The Morgan fingerprint density at radius 2 is 2.00 bits per heavy atom. The van der Waals surface area contributed by atoms with Crippen LogP contribution in [0.3, 0.4) is 0 Å². The molecule has 0 fully saturated rings. The van der Waals surface area contributed by atoms with Crippen LogP contribution < -0.4 is 5.19 Å². The van der Waals surface area contributed by atoms with Crippen LogP contribution in [0.1, 0.15) is 12.5 Å². The summed E-state index contributed by atoms with van der Waals surface area (Å²) >= 11 is 0. The molecule has 1 atom stereocenters. The van der Waals surface area contributed by atoms with E-state index in [2.05, 4.69) is 25.1 Å². The van der Waals surface area contributed by atoms with Gasteiger partial charge in [-0.25, -0.2) is 0 Å². The van der Waals surface area contributed by atoms with E-state index in [9.17, 15) is 0 Å². The topological polar surface area (TPSA) is 18.5 Å². The SMILES string of the molecule is COC(C)O[SiH2]c1ccccc1C. The second-order valence-corrected chi connectivity index (χ2v) is 4.42. The minimum Gasteiger partial charge on any atom is -0.394 e. The maximum atomic E-state index is 5.57. The summed E-state index contributed by atoms with van der Waals surface area (Å²) in [6.45, 7) is 4.04. The summed E-state index contributed by atoms with van der Waals surface area (Å²) < 4.78 is 10.6. The van der Waals surface area contributed by atoms with Crippen LogP contribution in [0.25, 0.3) is 0 Å². The van der Waals surface area contributed by atoms with E-state index in [1.54, 1.807) is 7.11 Å². The van der Waals surface area contributed by atoms with Crippen molar-refractivity contribution in [2.45, 2.75) is 20.1 Å². The molecular formula is C10H16O2Si. The van der Waals surface area contributed by atoms with Crippen molar-refractivity contribution in [1.29, 1.82) is 0 Å². The van der Waals surface area contributed by atoms with E-state index in [0.717, 1.165) is 0 Å². The highest BCUT2D eigenvalue weighted by Crippen LogP contribution is 1.94. The van der Waals surface area contributed by atoms with Gasteiger partial charge in [0.15, 0.2) is 9.76 Å². The van der Waals surface area contributed by atoms with Crippen molar-refractivity contribution in [3.05, 3.63) is 29.8 Å². The molecule has 72 valence electrons. The minimum absolute atomic E-state index is 0.0775. The zero-order valence-electron chi connectivity index (χ0n) is 8.41. The van der Waals surface area contributed by atoms with E-state index in [4.69, 9.17) is 9.16 Å². The van der Waals surface area contributed by atoms with E-state index in [1.807, 2.05) is 13.0 Å². The fourth-order valence-electron chi connectivity index (χ4n) is 1.05. The van der Waals surface area contributed by atoms with Crippen LogP contribution in [-0.4, -0.2) is 23.2 Å². The second kappa shape index (κ2) is 5.17. The first-order valence-electron chi connectivity index (χ1n) is 4.43. The van der Waals surface area contributed by atoms with Gasteiger partial charge in [0.25, 0.3) is 0 Å². The van der Waals surface area contributed by atoms with Crippen molar-refractivity contribution in [1.82, 2.24) is 0 Å². The Morgan fingerprint density at radius 1 is 1.31 bits per heavy atom. The van der Waals surface area contributed by atoms with Gasteiger partial charge in [-0.15, -0.1) is 0 Å². The number of aryl methyl sites for hydroxylation is 1. The molecule has 1 aromatic carbocycles. The molecule has 0 aliphatic carbocycles. The largest absolute Gasteiger partial charge is 0.394 e. The predicted octanol–water partition coefficient (Wildman–Crippen LogP) is 0.713. The fourth-order valence-corrected chi connectivity index (χ4v) is 2.18. The molecule has 0 amide bonds. The summed E-state index contributed by atoms with van der Waals surface area (Å²) in [6.07, 6.45) is -0.0775. The smallest absolute Gasteiger partial charge is 0.195 e. The third-order valence-corrected chi connectivity index (χ3v) is 3.81. The van der Waals surface area contributed by atoms with Crippen LogP contribution in [0.15, 0.2) is 24.3 Å². The number of hydrogen-bond acceptors (Lipinski definition) is 2. The highest BCUT2D eigenvalue weighted by molar-refractivity contribution is 6.47. The second-order valence-electron chi connectivity index (χ2n) is 3.04. The number of ether oxygens (including phenoxy) is 1. The molecule has 2 nitrogen and oxygen atoms in total. The molecule has 0 bridgehead atoms. The van der Waals surface area contributed by atoms with Gasteiger partial charge in [0.05, 0.1) is 0 Å². The van der Waals surface area contributed by atoms with Gasteiger partial charge in [0.2, 0.25) is 0 Å². The summed E-state index contributed by atoms with van der Waals surface area (Å²) in [6, 6.07) is 8.34. The summed E-state index contributed by atoms with van der Waals surface area (Å²) in [7, 11) is 1.04. The van der Waals surface area contributed by atoms with Crippen LogP contribution in [0, 0.1) is 6.92 Å². The van der Waals surface area contributed by atoms with E-state index >= 15 is 0 Å². The van der Waals surface area contributed by atoms with Crippen LogP contribution in [0.4, 0.5) is 0 Å². The van der Waals surface area contributed by atoms with E-state index in [1.165, 1.54) is 10.8 Å². The summed E-state index contributed by atoms with van der Waals surface area (Å²) in [4.78, 5) is 0. The summed E-state index contributed by atoms with van der Waals surface area (Å²) in [5.41, 5.74) is 1.32. The lowest BCUT2D eigenvalue weighted by molar-refractivity contribution is -0.0356. The maximum absolute atomic E-state index is 5.57. The molecule has 0 saturated heterocycles. The third-order valence-electron chi connectivity index (χ3n) is 2.07. The van der Waals surface area contributed by atoms with Gasteiger partial charge in [-0.2, -0.15) is 0 Å². The lowest BCUT2D eigenvalue weighted by Gasteiger charge is -2.11. The number of hydrogen-bond donors (Lipinski definition) is 0. The van der Waals surface area contributed by atoms with Crippen molar-refractivity contribution in [2.24, 2.45) is 0 Å². The number of rotatable bonds is 4. The highest BCUT2D eigenvalue weighted by atomic mass is 28.2. The monoisotopic (exact) mass is 196 g/mol.